The van der Waals surface area contributed by atoms with Gasteiger partial charge in [0.05, 0.1) is 17.3 Å². The van der Waals surface area contributed by atoms with Gasteiger partial charge >= 0.3 is 0 Å². The molecule has 2 aromatic rings. The Hall–Kier alpha value is -1.04. The smallest absolute Gasteiger partial charge is 0.243 e. The monoisotopic (exact) mass is 416 g/mol. The van der Waals surface area contributed by atoms with Crippen LogP contribution >= 0.6 is 43.5 Å². The molecule has 0 fully saturated rings. The highest BCUT2D eigenvalue weighted by molar-refractivity contribution is 9.11. The predicted molar refractivity (Wildman–Crippen MR) is 90.4 cm³/mol. The van der Waals surface area contributed by atoms with Crippen LogP contribution < -0.4 is 10.6 Å². The number of para-hydroxylation sites is 1. The molecule has 0 atom stereocenters. The maximum Gasteiger partial charge on any atom is 0.243 e. The van der Waals surface area contributed by atoms with Crippen LogP contribution in [0.15, 0.2) is 51.4 Å². The number of carbonyl (C=O) groups is 1. The van der Waals surface area contributed by atoms with Gasteiger partial charge in [-0.2, -0.15) is 0 Å². The van der Waals surface area contributed by atoms with Crippen molar-refractivity contribution in [3.8, 4) is 0 Å². The third kappa shape index (κ3) is 4.23. The third-order valence-corrected chi connectivity index (χ3v) is 4.00. The molecule has 2 N–H and O–H groups in total. The van der Waals surface area contributed by atoms with Gasteiger partial charge < -0.3 is 10.6 Å². The number of rotatable bonds is 4. The number of halogens is 3. The Balaban J connectivity index is 1.94. The van der Waals surface area contributed by atoms with E-state index < -0.39 is 0 Å². The zero-order valence-electron chi connectivity index (χ0n) is 10.3. The summed E-state index contributed by atoms with van der Waals surface area (Å²) in [7, 11) is 0. The normalized spacial score (nSPS) is 10.2. The minimum absolute atomic E-state index is 0.158. The quantitative estimate of drug-likeness (QED) is 0.740. The van der Waals surface area contributed by atoms with E-state index in [1.807, 2.05) is 30.3 Å². The van der Waals surface area contributed by atoms with E-state index in [2.05, 4.69) is 42.5 Å². The molecule has 0 aliphatic heterocycles. The molecular weight excluding hydrogens is 407 g/mol. The van der Waals surface area contributed by atoms with Crippen LogP contribution in [0.2, 0.25) is 5.02 Å². The summed E-state index contributed by atoms with van der Waals surface area (Å²) in [6.07, 6.45) is 0. The van der Waals surface area contributed by atoms with Crippen molar-refractivity contribution in [1.29, 1.82) is 0 Å². The summed E-state index contributed by atoms with van der Waals surface area (Å²) in [5.41, 5.74) is 1.46. The second kappa shape index (κ2) is 7.11. The van der Waals surface area contributed by atoms with Crippen molar-refractivity contribution in [1.82, 2.24) is 0 Å². The molecule has 0 aromatic heterocycles. The molecule has 0 aliphatic rings. The molecule has 0 spiro atoms. The third-order valence-electron chi connectivity index (χ3n) is 2.52. The van der Waals surface area contributed by atoms with Gasteiger partial charge in [-0.15, -0.1) is 0 Å². The largest absolute Gasteiger partial charge is 0.375 e. The molecule has 0 heterocycles. The van der Waals surface area contributed by atoms with E-state index >= 15 is 0 Å². The predicted octanol–water partition coefficient (Wildman–Crippen LogP) is 4.92. The van der Waals surface area contributed by atoms with E-state index in [9.17, 15) is 4.79 Å². The van der Waals surface area contributed by atoms with Gasteiger partial charge in [-0.05, 0) is 46.3 Å². The summed E-state index contributed by atoms with van der Waals surface area (Å²) in [5, 5.41) is 6.33. The topological polar surface area (TPSA) is 41.1 Å². The lowest BCUT2D eigenvalue weighted by Crippen LogP contribution is -2.22. The summed E-state index contributed by atoms with van der Waals surface area (Å²) in [6.45, 7) is 0.158. The SMILES string of the molecule is O=C(CNc1ccc(Br)cc1Br)Nc1ccccc1Cl. The van der Waals surface area contributed by atoms with Crippen molar-refractivity contribution >= 4 is 60.7 Å². The van der Waals surface area contributed by atoms with Crippen molar-refractivity contribution < 1.29 is 4.79 Å². The van der Waals surface area contributed by atoms with Crippen LogP contribution in [0.3, 0.4) is 0 Å². The van der Waals surface area contributed by atoms with Crippen molar-refractivity contribution in [2.24, 2.45) is 0 Å². The van der Waals surface area contributed by atoms with Crippen LogP contribution in [-0.4, -0.2) is 12.5 Å². The van der Waals surface area contributed by atoms with Crippen LogP contribution in [0.4, 0.5) is 11.4 Å². The van der Waals surface area contributed by atoms with Gasteiger partial charge in [0.1, 0.15) is 0 Å². The molecular formula is C14H11Br2ClN2O. The van der Waals surface area contributed by atoms with Crippen molar-refractivity contribution in [2.45, 2.75) is 0 Å². The lowest BCUT2D eigenvalue weighted by molar-refractivity contribution is -0.114. The fourth-order valence-corrected chi connectivity index (χ4v) is 2.94. The van der Waals surface area contributed by atoms with Gasteiger partial charge in [0.15, 0.2) is 0 Å². The summed E-state index contributed by atoms with van der Waals surface area (Å²) in [4.78, 5) is 11.9. The van der Waals surface area contributed by atoms with Gasteiger partial charge in [0, 0.05) is 14.6 Å². The summed E-state index contributed by atoms with van der Waals surface area (Å²) in [5.74, 6) is -0.159. The Morgan fingerprint density at radius 1 is 1.10 bits per heavy atom. The Labute approximate surface area is 139 Å². The maximum atomic E-state index is 11.9. The Morgan fingerprint density at radius 2 is 1.85 bits per heavy atom. The van der Waals surface area contributed by atoms with E-state index in [-0.39, 0.29) is 12.5 Å². The van der Waals surface area contributed by atoms with E-state index in [4.69, 9.17) is 11.6 Å². The number of hydrogen-bond acceptors (Lipinski definition) is 2. The molecule has 0 saturated carbocycles. The Morgan fingerprint density at radius 3 is 2.55 bits per heavy atom. The highest BCUT2D eigenvalue weighted by atomic mass is 79.9. The lowest BCUT2D eigenvalue weighted by atomic mass is 10.3. The Kier molecular flexibility index (Phi) is 5.46. The summed E-state index contributed by atoms with van der Waals surface area (Å²) in [6, 6.07) is 12.8. The number of hydrogen-bond donors (Lipinski definition) is 2. The minimum Gasteiger partial charge on any atom is -0.375 e. The molecule has 3 nitrogen and oxygen atoms in total. The molecule has 0 aliphatic carbocycles. The number of anilines is 2. The fraction of sp³-hybridized carbons (Fsp3) is 0.0714. The molecule has 104 valence electrons. The zero-order valence-corrected chi connectivity index (χ0v) is 14.2. The molecule has 2 aromatic carbocycles. The molecule has 1 amide bonds. The highest BCUT2D eigenvalue weighted by Gasteiger charge is 2.06. The Bertz CT molecular complexity index is 634. The van der Waals surface area contributed by atoms with Crippen LogP contribution in [0.1, 0.15) is 0 Å². The molecule has 20 heavy (non-hydrogen) atoms. The highest BCUT2D eigenvalue weighted by Crippen LogP contribution is 2.26. The number of benzene rings is 2. The van der Waals surface area contributed by atoms with Crippen LogP contribution in [0, 0.1) is 0 Å². The van der Waals surface area contributed by atoms with Crippen LogP contribution in [0.25, 0.3) is 0 Å². The van der Waals surface area contributed by atoms with E-state index in [0.717, 1.165) is 14.6 Å². The molecule has 0 bridgehead atoms. The van der Waals surface area contributed by atoms with Gasteiger partial charge in [-0.25, -0.2) is 0 Å². The van der Waals surface area contributed by atoms with Gasteiger partial charge in [0.25, 0.3) is 0 Å². The molecule has 2 rings (SSSR count). The second-order valence-corrected chi connectivity index (χ2v) is 6.18. The van der Waals surface area contributed by atoms with E-state index in [1.54, 1.807) is 12.1 Å². The van der Waals surface area contributed by atoms with Crippen LogP contribution in [-0.2, 0) is 4.79 Å². The number of amides is 1. The standard InChI is InChI=1S/C14H11Br2ClN2O/c15-9-5-6-12(10(16)7-9)18-8-14(20)19-13-4-2-1-3-11(13)17/h1-7,18H,8H2,(H,19,20). The zero-order chi connectivity index (χ0) is 14.5. The number of nitrogens with one attached hydrogen (secondary N) is 2. The van der Waals surface area contributed by atoms with E-state index in [1.165, 1.54) is 0 Å². The van der Waals surface area contributed by atoms with Gasteiger partial charge in [-0.3, -0.25) is 4.79 Å². The van der Waals surface area contributed by atoms with Crippen molar-refractivity contribution in [2.75, 3.05) is 17.2 Å². The van der Waals surface area contributed by atoms with Crippen LogP contribution in [0.5, 0.6) is 0 Å². The average Bonchev–Trinajstić information content (AvgIpc) is 2.40. The maximum absolute atomic E-state index is 11.9. The second-order valence-electron chi connectivity index (χ2n) is 4.01. The minimum atomic E-state index is -0.159. The first-order chi connectivity index (χ1) is 9.56. The average molecular weight is 419 g/mol. The molecule has 6 heteroatoms. The fourth-order valence-electron chi connectivity index (χ4n) is 1.57. The van der Waals surface area contributed by atoms with Gasteiger partial charge in [-0.1, -0.05) is 39.7 Å². The van der Waals surface area contributed by atoms with E-state index in [0.29, 0.717) is 10.7 Å². The number of carbonyl (C=O) groups excluding carboxylic acids is 1. The summed E-state index contributed by atoms with van der Waals surface area (Å²) < 4.78 is 1.85. The summed E-state index contributed by atoms with van der Waals surface area (Å²) >= 11 is 12.8. The lowest BCUT2D eigenvalue weighted by Gasteiger charge is -2.10. The van der Waals surface area contributed by atoms with Crippen molar-refractivity contribution in [3.63, 3.8) is 0 Å². The first-order valence-corrected chi connectivity index (χ1v) is 7.76. The first-order valence-electron chi connectivity index (χ1n) is 5.79. The van der Waals surface area contributed by atoms with Gasteiger partial charge in [0.2, 0.25) is 5.91 Å². The molecule has 0 radical (unpaired) electrons. The van der Waals surface area contributed by atoms with Crippen molar-refractivity contribution in [3.05, 3.63) is 56.4 Å². The molecule has 0 saturated heterocycles. The first kappa shape index (κ1) is 15.4. The molecule has 0 unspecified atom stereocenters.